The van der Waals surface area contributed by atoms with Crippen molar-refractivity contribution in [2.45, 2.75) is 58.3 Å². The average Bonchev–Trinajstić information content (AvgIpc) is 2.30. The van der Waals surface area contributed by atoms with Gasteiger partial charge in [-0.1, -0.05) is 13.8 Å². The van der Waals surface area contributed by atoms with Gasteiger partial charge in [0.2, 0.25) is 0 Å². The highest BCUT2D eigenvalue weighted by atomic mass is 16.3. The summed E-state index contributed by atoms with van der Waals surface area (Å²) < 4.78 is 0. The van der Waals surface area contributed by atoms with Crippen molar-refractivity contribution >= 4 is 0 Å². The van der Waals surface area contributed by atoms with Crippen LogP contribution in [0.3, 0.4) is 0 Å². The summed E-state index contributed by atoms with van der Waals surface area (Å²) in [7, 11) is 0. The van der Waals surface area contributed by atoms with Gasteiger partial charge in [0.15, 0.2) is 0 Å². The highest BCUT2D eigenvalue weighted by Crippen LogP contribution is 2.39. The molecule has 1 fully saturated rings. The first-order chi connectivity index (χ1) is 6.72. The number of hydrogen-bond acceptors (Lipinski definition) is 3. The third-order valence-corrected chi connectivity index (χ3v) is 3.46. The summed E-state index contributed by atoms with van der Waals surface area (Å²) in [6.07, 6.45) is 0.0551. The van der Waals surface area contributed by atoms with Gasteiger partial charge in [0.25, 0.3) is 0 Å². The minimum Gasteiger partial charge on any atom is -0.390 e. The van der Waals surface area contributed by atoms with Gasteiger partial charge in [-0.25, -0.2) is 0 Å². The molecule has 3 heteroatoms. The Morgan fingerprint density at radius 3 is 2.07 bits per heavy atom. The van der Waals surface area contributed by atoms with Gasteiger partial charge >= 0.3 is 0 Å². The summed E-state index contributed by atoms with van der Waals surface area (Å²) in [6.45, 7) is 7.61. The Bertz CT molecular complexity index is 207. The molecule has 0 unspecified atom stereocenters. The summed E-state index contributed by atoms with van der Waals surface area (Å²) in [5, 5.41) is 29.5. The lowest BCUT2D eigenvalue weighted by atomic mass is 9.88. The molecule has 0 saturated heterocycles. The molecule has 0 aromatic heterocycles. The Morgan fingerprint density at radius 2 is 1.73 bits per heavy atom. The maximum Gasteiger partial charge on any atom is 0.0832 e. The lowest BCUT2D eigenvalue weighted by Gasteiger charge is -2.24. The van der Waals surface area contributed by atoms with E-state index < -0.39 is 17.8 Å². The van der Waals surface area contributed by atoms with E-state index in [9.17, 15) is 15.3 Å². The lowest BCUT2D eigenvalue weighted by molar-refractivity contribution is -0.0228. The predicted octanol–water partition coefficient (Wildman–Crippen LogP) is 1.16. The van der Waals surface area contributed by atoms with Crippen LogP contribution in [0.4, 0.5) is 0 Å². The van der Waals surface area contributed by atoms with Crippen molar-refractivity contribution in [2.24, 2.45) is 17.8 Å². The minimum absolute atomic E-state index is 0.0207. The zero-order valence-electron chi connectivity index (χ0n) is 10.1. The lowest BCUT2D eigenvalue weighted by Crippen LogP contribution is -2.33. The van der Waals surface area contributed by atoms with Crippen molar-refractivity contribution in [3.8, 4) is 0 Å². The van der Waals surface area contributed by atoms with Crippen LogP contribution < -0.4 is 0 Å². The molecule has 3 N–H and O–H groups in total. The molecule has 0 aliphatic heterocycles. The molecule has 0 radical (unpaired) electrons. The number of aliphatic hydroxyl groups excluding tert-OH is 2. The summed E-state index contributed by atoms with van der Waals surface area (Å²) >= 11 is 0. The van der Waals surface area contributed by atoms with Gasteiger partial charge in [0.1, 0.15) is 0 Å². The highest BCUT2D eigenvalue weighted by Gasteiger charge is 2.43. The molecule has 1 saturated carbocycles. The van der Waals surface area contributed by atoms with Crippen LogP contribution in [0.1, 0.15) is 40.5 Å². The van der Waals surface area contributed by atoms with Crippen molar-refractivity contribution in [2.75, 3.05) is 0 Å². The largest absolute Gasteiger partial charge is 0.390 e. The highest BCUT2D eigenvalue weighted by molar-refractivity contribution is 4.94. The molecular formula is C12H24O3. The molecule has 1 rings (SSSR count). The quantitative estimate of drug-likeness (QED) is 0.663. The van der Waals surface area contributed by atoms with E-state index in [0.29, 0.717) is 12.3 Å². The third-order valence-electron chi connectivity index (χ3n) is 3.46. The van der Waals surface area contributed by atoms with Crippen LogP contribution in [-0.4, -0.2) is 33.1 Å². The van der Waals surface area contributed by atoms with E-state index in [1.807, 2.05) is 0 Å². The molecule has 0 aromatic rings. The second-order valence-corrected chi connectivity index (χ2v) is 5.90. The normalized spacial score (nSPS) is 37.6. The van der Waals surface area contributed by atoms with Crippen LogP contribution in [0.15, 0.2) is 0 Å². The monoisotopic (exact) mass is 216 g/mol. The van der Waals surface area contributed by atoms with Crippen LogP contribution in [-0.2, 0) is 0 Å². The fourth-order valence-corrected chi connectivity index (χ4v) is 2.67. The Balaban J connectivity index is 2.63. The first-order valence-corrected chi connectivity index (χ1v) is 5.81. The van der Waals surface area contributed by atoms with Gasteiger partial charge in [-0.2, -0.15) is 0 Å². The van der Waals surface area contributed by atoms with Crippen molar-refractivity contribution in [1.29, 1.82) is 0 Å². The van der Waals surface area contributed by atoms with Crippen LogP contribution in [0.2, 0.25) is 0 Å². The first kappa shape index (κ1) is 12.9. The fourth-order valence-electron chi connectivity index (χ4n) is 2.67. The molecule has 0 amide bonds. The Hall–Kier alpha value is -0.120. The molecular weight excluding hydrogens is 192 g/mol. The van der Waals surface area contributed by atoms with E-state index in [1.54, 1.807) is 13.8 Å². The minimum atomic E-state index is -0.767. The summed E-state index contributed by atoms with van der Waals surface area (Å²) in [5.74, 6) is 0.557. The zero-order valence-corrected chi connectivity index (χ0v) is 10.1. The summed E-state index contributed by atoms with van der Waals surface area (Å²) in [6, 6.07) is 0. The zero-order chi connectivity index (χ0) is 11.8. The second kappa shape index (κ2) is 4.40. The third kappa shape index (κ3) is 3.16. The molecule has 0 spiro atoms. The molecule has 3 nitrogen and oxygen atoms in total. The topological polar surface area (TPSA) is 60.7 Å². The van der Waals surface area contributed by atoms with Gasteiger partial charge in [0.05, 0.1) is 17.8 Å². The number of hydrogen-bond donors (Lipinski definition) is 3. The van der Waals surface area contributed by atoms with Gasteiger partial charge in [-0.3, -0.25) is 0 Å². The van der Waals surface area contributed by atoms with Crippen molar-refractivity contribution < 1.29 is 15.3 Å². The smallest absolute Gasteiger partial charge is 0.0832 e. The molecule has 0 heterocycles. The van der Waals surface area contributed by atoms with E-state index in [2.05, 4.69) is 13.8 Å². The maximum absolute atomic E-state index is 9.88. The van der Waals surface area contributed by atoms with Crippen LogP contribution in [0.5, 0.6) is 0 Å². The maximum atomic E-state index is 9.88. The first-order valence-electron chi connectivity index (χ1n) is 5.81. The van der Waals surface area contributed by atoms with Crippen molar-refractivity contribution in [3.63, 3.8) is 0 Å². The van der Waals surface area contributed by atoms with E-state index in [0.717, 1.165) is 6.42 Å². The van der Waals surface area contributed by atoms with E-state index >= 15 is 0 Å². The average molecular weight is 216 g/mol. The molecule has 1 aliphatic rings. The van der Waals surface area contributed by atoms with Crippen molar-refractivity contribution in [1.82, 2.24) is 0 Å². The van der Waals surface area contributed by atoms with Gasteiger partial charge in [-0.05, 0) is 44.4 Å². The van der Waals surface area contributed by atoms with E-state index in [4.69, 9.17) is 0 Å². The molecule has 4 atom stereocenters. The fraction of sp³-hybridized carbons (Fsp3) is 1.00. The molecule has 0 aromatic carbocycles. The van der Waals surface area contributed by atoms with Gasteiger partial charge < -0.3 is 15.3 Å². The Labute approximate surface area is 92.1 Å². The molecule has 90 valence electrons. The Kier molecular flexibility index (Phi) is 3.80. The van der Waals surface area contributed by atoms with Crippen LogP contribution in [0.25, 0.3) is 0 Å². The predicted molar refractivity (Wildman–Crippen MR) is 59.4 cm³/mol. The number of rotatable bonds is 3. The van der Waals surface area contributed by atoms with E-state index in [1.165, 1.54) is 0 Å². The summed E-state index contributed by atoms with van der Waals surface area (Å²) in [5.41, 5.74) is -0.767. The second-order valence-electron chi connectivity index (χ2n) is 5.90. The van der Waals surface area contributed by atoms with Crippen LogP contribution in [0, 0.1) is 17.8 Å². The molecule has 1 aliphatic carbocycles. The SMILES string of the molecule is CC(C)[C@@H]1C[C@H](CC(C)(C)O)[C@@H](O)[C@H]1O. The summed E-state index contributed by atoms with van der Waals surface area (Å²) in [4.78, 5) is 0. The standard InChI is InChI=1S/C12H24O3/c1-7(2)9-5-8(6-12(3,4)15)10(13)11(9)14/h7-11,13-15H,5-6H2,1-4H3/t8-,9+,10-,11+/m1/s1. The van der Waals surface area contributed by atoms with Gasteiger partial charge in [-0.15, -0.1) is 0 Å². The Morgan fingerprint density at radius 1 is 1.20 bits per heavy atom. The van der Waals surface area contributed by atoms with Crippen LogP contribution >= 0.6 is 0 Å². The molecule has 0 bridgehead atoms. The number of aliphatic hydroxyl groups is 3. The van der Waals surface area contributed by atoms with E-state index in [-0.39, 0.29) is 11.8 Å². The van der Waals surface area contributed by atoms with Gasteiger partial charge in [0, 0.05) is 0 Å². The van der Waals surface area contributed by atoms with Crippen molar-refractivity contribution in [3.05, 3.63) is 0 Å². The molecule has 15 heavy (non-hydrogen) atoms.